The van der Waals surface area contributed by atoms with Gasteiger partial charge in [0.1, 0.15) is 0 Å². The van der Waals surface area contributed by atoms with Gasteiger partial charge in [0.25, 0.3) is 9.28 Å². The summed E-state index contributed by atoms with van der Waals surface area (Å²) in [5.41, 5.74) is 0. The third-order valence-electron chi connectivity index (χ3n) is 1.42. The van der Waals surface area contributed by atoms with Crippen molar-refractivity contribution in [3.05, 3.63) is 0 Å². The zero-order valence-corrected chi connectivity index (χ0v) is 9.96. The maximum atomic E-state index is 5.30. The first-order valence-corrected chi connectivity index (χ1v) is 8.11. The smallest absolute Gasteiger partial charge is 0.418 e. The van der Waals surface area contributed by atoms with Crippen LogP contribution in [-0.4, -0.2) is 45.5 Å². The lowest BCUT2D eigenvalue weighted by Gasteiger charge is -2.23. The second kappa shape index (κ2) is 5.87. The van der Waals surface area contributed by atoms with Gasteiger partial charge in [0.05, 0.1) is 0 Å². The van der Waals surface area contributed by atoms with Crippen LogP contribution < -0.4 is 0 Å². The van der Waals surface area contributed by atoms with Crippen molar-refractivity contribution in [1.82, 2.24) is 0 Å². The van der Waals surface area contributed by atoms with E-state index in [-0.39, 0.29) is 0 Å². The molecule has 0 amide bonds. The second-order valence-corrected chi connectivity index (χ2v) is 8.68. The summed E-state index contributed by atoms with van der Waals surface area (Å²) in [6.45, 7) is 2.66. The Morgan fingerprint density at radius 2 is 1.55 bits per heavy atom. The van der Waals surface area contributed by atoms with E-state index in [1.807, 2.05) is 6.92 Å². The lowest BCUT2D eigenvalue weighted by atomic mass is 10.9. The molecule has 6 heteroatoms. The molecule has 0 aromatic rings. The molecule has 0 unspecified atom stereocenters. The van der Waals surface area contributed by atoms with Crippen molar-refractivity contribution in [2.45, 2.75) is 6.92 Å². The Balaban J connectivity index is 3.84. The van der Waals surface area contributed by atoms with Crippen LogP contribution in [0.2, 0.25) is 0 Å². The van der Waals surface area contributed by atoms with Gasteiger partial charge in [-0.2, -0.15) is 0 Å². The molecule has 0 N–H and O–H groups in total. The third kappa shape index (κ3) is 3.45. The first kappa shape index (κ1) is 11.3. The summed E-state index contributed by atoms with van der Waals surface area (Å²) < 4.78 is 20.8. The molecule has 68 valence electrons. The highest BCUT2D eigenvalue weighted by Crippen LogP contribution is 2.03. The summed E-state index contributed by atoms with van der Waals surface area (Å²) >= 11 is 0. The van der Waals surface area contributed by atoms with Crippen LogP contribution in [0, 0.1) is 0 Å². The molecule has 0 radical (unpaired) electrons. The van der Waals surface area contributed by atoms with Crippen molar-refractivity contribution in [2.24, 2.45) is 0 Å². The normalized spacial score (nSPS) is 13.1. The first-order chi connectivity index (χ1) is 5.24. The van der Waals surface area contributed by atoms with Crippen molar-refractivity contribution < 1.29 is 17.7 Å². The Bertz CT molecular complexity index is 88.2. The first-order valence-electron chi connectivity index (χ1n) is 3.48. The van der Waals surface area contributed by atoms with Gasteiger partial charge in [0, 0.05) is 27.9 Å². The van der Waals surface area contributed by atoms with Crippen molar-refractivity contribution in [1.29, 1.82) is 0 Å². The summed E-state index contributed by atoms with van der Waals surface area (Å²) in [4.78, 5) is 0. The fourth-order valence-corrected chi connectivity index (χ4v) is 4.38. The zero-order valence-electron chi connectivity index (χ0n) is 7.55. The van der Waals surface area contributed by atoms with Crippen LogP contribution in [-0.2, 0) is 17.7 Å². The van der Waals surface area contributed by atoms with Crippen molar-refractivity contribution in [2.75, 3.05) is 27.9 Å². The van der Waals surface area contributed by atoms with E-state index in [2.05, 4.69) is 0 Å². The molecule has 0 fully saturated rings. The van der Waals surface area contributed by atoms with E-state index in [1.165, 1.54) is 0 Å². The maximum Gasteiger partial charge on any atom is 0.494 e. The van der Waals surface area contributed by atoms with Crippen LogP contribution in [0.25, 0.3) is 0 Å². The molecule has 0 saturated carbocycles. The van der Waals surface area contributed by atoms with E-state index in [4.69, 9.17) is 17.7 Å². The van der Waals surface area contributed by atoms with E-state index < -0.39 is 17.6 Å². The largest absolute Gasteiger partial charge is 0.494 e. The molecule has 0 rings (SSSR count). The van der Waals surface area contributed by atoms with Crippen molar-refractivity contribution >= 4 is 17.6 Å². The molecule has 0 saturated heterocycles. The highest BCUT2D eigenvalue weighted by atomic mass is 29.2. The van der Waals surface area contributed by atoms with Gasteiger partial charge in [-0.3, -0.25) is 0 Å². The Kier molecular flexibility index (Phi) is 6.01. The van der Waals surface area contributed by atoms with Crippen LogP contribution in [0.4, 0.5) is 0 Å². The average molecular weight is 196 g/mol. The molecule has 0 spiro atoms. The second-order valence-electron chi connectivity index (χ2n) is 1.93. The fourth-order valence-electron chi connectivity index (χ4n) is 0.654. The average Bonchev–Trinajstić information content (AvgIpc) is 2.08. The summed E-state index contributed by atoms with van der Waals surface area (Å²) in [6.07, 6.45) is 0. The molecular formula is C5H16O4Si2. The topological polar surface area (TPSA) is 36.9 Å². The molecule has 0 atom stereocenters. The van der Waals surface area contributed by atoms with Gasteiger partial charge in [-0.25, -0.2) is 0 Å². The number of rotatable bonds is 6. The Hall–Kier alpha value is 0.274. The summed E-state index contributed by atoms with van der Waals surface area (Å²) in [7, 11) is 1.68. The van der Waals surface area contributed by atoms with Gasteiger partial charge >= 0.3 is 8.32 Å². The Morgan fingerprint density at radius 3 is 1.82 bits per heavy atom. The molecule has 0 aliphatic rings. The molecule has 0 bridgehead atoms. The van der Waals surface area contributed by atoms with Crippen LogP contribution in [0.1, 0.15) is 6.92 Å². The Labute approximate surface area is 70.9 Å². The van der Waals surface area contributed by atoms with Gasteiger partial charge < -0.3 is 17.7 Å². The van der Waals surface area contributed by atoms with E-state index in [1.54, 1.807) is 21.3 Å². The molecule has 0 aromatic carbocycles. The molecule has 11 heavy (non-hydrogen) atoms. The van der Waals surface area contributed by atoms with Crippen molar-refractivity contribution in [3.63, 3.8) is 0 Å². The number of hydrogen-bond donors (Lipinski definition) is 0. The van der Waals surface area contributed by atoms with Gasteiger partial charge in [0.2, 0.25) is 0 Å². The standard InChI is InChI=1S/C5H16O4Si2/c1-5-9-10-11(6-2,7-3)8-4/h5,10H2,1-4H3. The minimum absolute atomic E-state index is 0.705. The minimum Gasteiger partial charge on any atom is -0.418 e. The fraction of sp³-hybridized carbons (Fsp3) is 1.00. The summed E-state index contributed by atoms with van der Waals surface area (Å²) in [5.74, 6) is 0. The van der Waals surface area contributed by atoms with Crippen LogP contribution in [0.5, 0.6) is 0 Å². The highest BCUT2D eigenvalue weighted by Gasteiger charge is 2.38. The number of hydrogen-bond acceptors (Lipinski definition) is 4. The van der Waals surface area contributed by atoms with Crippen molar-refractivity contribution in [3.8, 4) is 0 Å². The van der Waals surface area contributed by atoms with E-state index >= 15 is 0 Å². The van der Waals surface area contributed by atoms with Gasteiger partial charge in [-0.15, -0.1) is 0 Å². The van der Waals surface area contributed by atoms with E-state index in [0.717, 1.165) is 0 Å². The van der Waals surface area contributed by atoms with E-state index in [9.17, 15) is 0 Å². The lowest BCUT2D eigenvalue weighted by Crippen LogP contribution is -2.50. The molecule has 0 heterocycles. The molecule has 0 aromatic heterocycles. The van der Waals surface area contributed by atoms with E-state index in [0.29, 0.717) is 6.61 Å². The Morgan fingerprint density at radius 1 is 1.09 bits per heavy atom. The molecular weight excluding hydrogens is 180 g/mol. The predicted octanol–water partition coefficient (Wildman–Crippen LogP) is -0.519. The monoisotopic (exact) mass is 196 g/mol. The molecule has 4 nitrogen and oxygen atoms in total. The SMILES string of the molecule is CCO[SiH2][Si](OC)(OC)OC. The van der Waals surface area contributed by atoms with Crippen LogP contribution >= 0.6 is 0 Å². The lowest BCUT2D eigenvalue weighted by molar-refractivity contribution is 0.141. The quantitative estimate of drug-likeness (QED) is 0.536. The predicted molar refractivity (Wildman–Crippen MR) is 47.0 cm³/mol. The van der Waals surface area contributed by atoms with Crippen LogP contribution in [0.3, 0.4) is 0 Å². The van der Waals surface area contributed by atoms with Crippen LogP contribution in [0.15, 0.2) is 0 Å². The highest BCUT2D eigenvalue weighted by molar-refractivity contribution is 7.12. The third-order valence-corrected chi connectivity index (χ3v) is 8.52. The maximum absolute atomic E-state index is 5.30. The summed E-state index contributed by atoms with van der Waals surface area (Å²) in [5, 5.41) is 0. The van der Waals surface area contributed by atoms with Gasteiger partial charge in [-0.05, 0) is 6.92 Å². The molecule has 0 aliphatic heterocycles. The van der Waals surface area contributed by atoms with Gasteiger partial charge in [-0.1, -0.05) is 0 Å². The van der Waals surface area contributed by atoms with Gasteiger partial charge in [0.15, 0.2) is 0 Å². The molecule has 0 aliphatic carbocycles. The minimum atomic E-state index is -2.32. The summed E-state index contributed by atoms with van der Waals surface area (Å²) in [6, 6.07) is 0. The zero-order chi connectivity index (χ0) is 8.74.